The van der Waals surface area contributed by atoms with Crippen LogP contribution in [0.3, 0.4) is 0 Å². The number of halogens is 2. The van der Waals surface area contributed by atoms with Gasteiger partial charge in [-0.15, -0.1) is 0 Å². The summed E-state index contributed by atoms with van der Waals surface area (Å²) in [6, 6.07) is 4.56. The van der Waals surface area contributed by atoms with E-state index in [1.165, 1.54) is 25.4 Å². The predicted octanol–water partition coefficient (Wildman–Crippen LogP) is 2.68. The third-order valence-corrected chi connectivity index (χ3v) is 3.30. The Hall–Kier alpha value is -2.05. The van der Waals surface area contributed by atoms with Gasteiger partial charge in [0.1, 0.15) is 0 Å². The highest BCUT2D eigenvalue weighted by Gasteiger charge is 2.21. The standard InChI is InChI=1S/C12H9Cl2N3O3/c1-17-10(12(19)20)7(5-15-17)11(18)16-6-2-3-8(13)9(14)4-6/h2-5H,1H3,(H,16,18)(H,19,20). The topological polar surface area (TPSA) is 84.2 Å². The van der Waals surface area contributed by atoms with Crippen LogP contribution in [0.1, 0.15) is 20.8 Å². The van der Waals surface area contributed by atoms with Gasteiger partial charge in [0.15, 0.2) is 5.69 Å². The van der Waals surface area contributed by atoms with Gasteiger partial charge in [-0.3, -0.25) is 9.48 Å². The molecule has 0 saturated heterocycles. The summed E-state index contributed by atoms with van der Waals surface area (Å²) in [5, 5.41) is 16.0. The van der Waals surface area contributed by atoms with Crippen molar-refractivity contribution in [2.45, 2.75) is 0 Å². The molecule has 0 spiro atoms. The number of rotatable bonds is 3. The van der Waals surface area contributed by atoms with Crippen molar-refractivity contribution in [3.05, 3.63) is 45.7 Å². The number of carboxylic acid groups (broad SMARTS) is 1. The minimum absolute atomic E-state index is 0.0360. The molecule has 2 N–H and O–H groups in total. The first kappa shape index (κ1) is 14.4. The van der Waals surface area contributed by atoms with Crippen LogP contribution in [0, 0.1) is 0 Å². The largest absolute Gasteiger partial charge is 0.477 e. The van der Waals surface area contributed by atoms with E-state index in [2.05, 4.69) is 10.4 Å². The average Bonchev–Trinajstić information content (AvgIpc) is 2.76. The van der Waals surface area contributed by atoms with Gasteiger partial charge in [0.2, 0.25) is 0 Å². The van der Waals surface area contributed by atoms with Crippen molar-refractivity contribution in [2.24, 2.45) is 7.05 Å². The highest BCUT2D eigenvalue weighted by molar-refractivity contribution is 6.42. The van der Waals surface area contributed by atoms with Crippen molar-refractivity contribution < 1.29 is 14.7 Å². The first-order valence-corrected chi connectivity index (χ1v) is 6.17. The number of anilines is 1. The molecule has 0 aliphatic carbocycles. The third kappa shape index (κ3) is 2.76. The molecule has 0 bridgehead atoms. The van der Waals surface area contributed by atoms with E-state index in [1.807, 2.05) is 0 Å². The molecular weight excluding hydrogens is 305 g/mol. The van der Waals surface area contributed by atoms with Crippen molar-refractivity contribution in [2.75, 3.05) is 5.32 Å². The molecule has 1 aromatic carbocycles. The zero-order chi connectivity index (χ0) is 14.9. The fraction of sp³-hybridized carbons (Fsp3) is 0.0833. The number of carboxylic acids is 1. The Kier molecular flexibility index (Phi) is 3.96. The van der Waals surface area contributed by atoms with E-state index < -0.39 is 11.9 Å². The number of aryl methyl sites for hydroxylation is 1. The van der Waals surface area contributed by atoms with Gasteiger partial charge in [-0.2, -0.15) is 5.10 Å². The SMILES string of the molecule is Cn1ncc(C(=O)Nc2ccc(Cl)c(Cl)c2)c1C(=O)O. The molecular formula is C12H9Cl2N3O3. The molecule has 1 aromatic heterocycles. The third-order valence-electron chi connectivity index (χ3n) is 2.56. The second-order valence-electron chi connectivity index (χ2n) is 3.92. The molecule has 0 aliphatic rings. The minimum Gasteiger partial charge on any atom is -0.477 e. The Labute approximate surface area is 123 Å². The van der Waals surface area contributed by atoms with Gasteiger partial charge in [-0.1, -0.05) is 23.2 Å². The Morgan fingerprint density at radius 2 is 2.00 bits per heavy atom. The first-order valence-electron chi connectivity index (χ1n) is 5.42. The van der Waals surface area contributed by atoms with Crippen molar-refractivity contribution in [1.29, 1.82) is 0 Å². The lowest BCUT2D eigenvalue weighted by molar-refractivity contribution is 0.0680. The number of aromatic nitrogens is 2. The molecule has 0 atom stereocenters. The Bertz CT molecular complexity index is 697. The number of hydrogen-bond acceptors (Lipinski definition) is 3. The number of benzene rings is 1. The maximum Gasteiger partial charge on any atom is 0.354 e. The summed E-state index contributed by atoms with van der Waals surface area (Å²) >= 11 is 11.6. The molecule has 104 valence electrons. The van der Waals surface area contributed by atoms with E-state index in [-0.39, 0.29) is 16.3 Å². The lowest BCUT2D eigenvalue weighted by atomic mass is 10.2. The van der Waals surface area contributed by atoms with Crippen LogP contribution in [-0.4, -0.2) is 26.8 Å². The average molecular weight is 314 g/mol. The molecule has 0 fully saturated rings. The molecule has 0 radical (unpaired) electrons. The molecule has 20 heavy (non-hydrogen) atoms. The van der Waals surface area contributed by atoms with Gasteiger partial charge in [0, 0.05) is 12.7 Å². The van der Waals surface area contributed by atoms with E-state index in [4.69, 9.17) is 28.3 Å². The number of nitrogens with one attached hydrogen (secondary N) is 1. The number of hydrogen-bond donors (Lipinski definition) is 2. The molecule has 2 aromatic rings. The second kappa shape index (κ2) is 5.52. The molecule has 2 rings (SSSR count). The monoisotopic (exact) mass is 313 g/mol. The van der Waals surface area contributed by atoms with E-state index in [0.29, 0.717) is 10.7 Å². The molecule has 0 aliphatic heterocycles. The fourth-order valence-corrected chi connectivity index (χ4v) is 1.93. The number of aromatic carboxylic acids is 1. The molecule has 0 unspecified atom stereocenters. The normalized spacial score (nSPS) is 10.3. The zero-order valence-electron chi connectivity index (χ0n) is 10.2. The number of carbonyl (C=O) groups excluding carboxylic acids is 1. The van der Waals surface area contributed by atoms with Gasteiger partial charge in [0.05, 0.1) is 21.8 Å². The molecule has 6 nitrogen and oxygen atoms in total. The van der Waals surface area contributed by atoms with Crippen LogP contribution < -0.4 is 5.32 Å². The van der Waals surface area contributed by atoms with Crippen molar-refractivity contribution in [3.63, 3.8) is 0 Å². The summed E-state index contributed by atoms with van der Waals surface area (Å²) in [6.45, 7) is 0. The van der Waals surface area contributed by atoms with Crippen molar-refractivity contribution in [1.82, 2.24) is 9.78 Å². The Morgan fingerprint density at radius 3 is 2.60 bits per heavy atom. The van der Waals surface area contributed by atoms with Crippen LogP contribution in [0.5, 0.6) is 0 Å². The Balaban J connectivity index is 2.28. The summed E-state index contributed by atoms with van der Waals surface area (Å²) in [5.41, 5.74) is 0.179. The van der Waals surface area contributed by atoms with Gasteiger partial charge in [-0.05, 0) is 18.2 Å². The fourth-order valence-electron chi connectivity index (χ4n) is 1.63. The highest BCUT2D eigenvalue weighted by atomic mass is 35.5. The van der Waals surface area contributed by atoms with E-state index in [9.17, 15) is 9.59 Å². The van der Waals surface area contributed by atoms with Crippen LogP contribution in [0.2, 0.25) is 10.0 Å². The van der Waals surface area contributed by atoms with Crippen LogP contribution in [-0.2, 0) is 7.05 Å². The first-order chi connectivity index (χ1) is 9.40. The zero-order valence-corrected chi connectivity index (χ0v) is 11.7. The predicted molar refractivity (Wildman–Crippen MR) is 74.6 cm³/mol. The summed E-state index contributed by atoms with van der Waals surface area (Å²) in [4.78, 5) is 23.1. The lowest BCUT2D eigenvalue weighted by Gasteiger charge is -2.06. The van der Waals surface area contributed by atoms with E-state index >= 15 is 0 Å². The van der Waals surface area contributed by atoms with Crippen molar-refractivity contribution in [3.8, 4) is 0 Å². The van der Waals surface area contributed by atoms with Gasteiger partial charge >= 0.3 is 5.97 Å². The maximum atomic E-state index is 12.0. The second-order valence-corrected chi connectivity index (χ2v) is 4.73. The van der Waals surface area contributed by atoms with Crippen molar-refractivity contribution >= 4 is 40.8 Å². The smallest absolute Gasteiger partial charge is 0.354 e. The molecule has 1 heterocycles. The summed E-state index contributed by atoms with van der Waals surface area (Å²) < 4.78 is 1.12. The number of nitrogens with zero attached hydrogens (tertiary/aromatic N) is 2. The van der Waals surface area contributed by atoms with Crippen LogP contribution >= 0.6 is 23.2 Å². The quantitative estimate of drug-likeness (QED) is 0.912. The van der Waals surface area contributed by atoms with Gasteiger partial charge < -0.3 is 10.4 Å². The van der Waals surface area contributed by atoms with Crippen LogP contribution in [0.15, 0.2) is 24.4 Å². The van der Waals surface area contributed by atoms with Gasteiger partial charge in [-0.25, -0.2) is 4.79 Å². The maximum absolute atomic E-state index is 12.0. The lowest BCUT2D eigenvalue weighted by Crippen LogP contribution is -2.17. The van der Waals surface area contributed by atoms with Gasteiger partial charge in [0.25, 0.3) is 5.91 Å². The summed E-state index contributed by atoms with van der Waals surface area (Å²) in [5.74, 6) is -1.82. The summed E-state index contributed by atoms with van der Waals surface area (Å²) in [6.07, 6.45) is 1.19. The molecule has 0 saturated carbocycles. The molecule has 1 amide bonds. The number of carbonyl (C=O) groups is 2. The number of amides is 1. The summed E-state index contributed by atoms with van der Waals surface area (Å²) in [7, 11) is 1.44. The minimum atomic E-state index is -1.23. The van der Waals surface area contributed by atoms with E-state index in [1.54, 1.807) is 6.07 Å². The Morgan fingerprint density at radius 1 is 1.30 bits per heavy atom. The van der Waals surface area contributed by atoms with E-state index in [0.717, 1.165) is 4.68 Å². The molecule has 8 heteroatoms. The van der Waals surface area contributed by atoms with Crippen LogP contribution in [0.4, 0.5) is 5.69 Å². The highest BCUT2D eigenvalue weighted by Crippen LogP contribution is 2.25. The van der Waals surface area contributed by atoms with Crippen LogP contribution in [0.25, 0.3) is 0 Å².